The molecule has 0 heterocycles. The third-order valence-electron chi connectivity index (χ3n) is 3.24. The van der Waals surface area contributed by atoms with Gasteiger partial charge >= 0.3 is 0 Å². The number of hydrogen-bond donors (Lipinski definition) is 2. The number of likely N-dealkylation sites (N-methyl/N-ethyl adjacent to an activating group) is 1. The van der Waals surface area contributed by atoms with Gasteiger partial charge in [-0.3, -0.25) is 4.79 Å². The van der Waals surface area contributed by atoms with E-state index in [1.54, 1.807) is 0 Å². The zero-order valence-electron chi connectivity index (χ0n) is 11.3. The lowest BCUT2D eigenvalue weighted by molar-refractivity contribution is -0.119. The molecule has 1 fully saturated rings. The minimum Gasteiger partial charge on any atom is -0.389 e. The van der Waals surface area contributed by atoms with Crippen molar-refractivity contribution in [3.63, 3.8) is 0 Å². The Hall–Kier alpha value is -1.62. The van der Waals surface area contributed by atoms with Crippen molar-refractivity contribution in [2.75, 3.05) is 18.5 Å². The largest absolute Gasteiger partial charge is 0.389 e. The van der Waals surface area contributed by atoms with E-state index < -0.39 is 0 Å². The first-order chi connectivity index (χ1) is 8.97. The van der Waals surface area contributed by atoms with Gasteiger partial charge in [0.25, 0.3) is 0 Å². The molecule has 4 nitrogen and oxygen atoms in total. The Morgan fingerprint density at radius 1 is 1.53 bits per heavy atom. The first kappa shape index (κ1) is 13.8. The average molecular weight is 277 g/mol. The number of nitrogens with two attached hydrogens (primary N) is 1. The van der Waals surface area contributed by atoms with Gasteiger partial charge in [0, 0.05) is 24.3 Å². The zero-order chi connectivity index (χ0) is 14.0. The molecule has 2 rings (SSSR count). The van der Waals surface area contributed by atoms with Gasteiger partial charge in [0.1, 0.15) is 4.99 Å². The SMILES string of the molecule is Cc1cc(N(C)CC(=O)NC2CC2)ccc1C(N)=S. The fourth-order valence-electron chi connectivity index (χ4n) is 1.97. The van der Waals surface area contributed by atoms with Gasteiger partial charge in [0.2, 0.25) is 5.91 Å². The minimum atomic E-state index is 0.0704. The molecule has 1 saturated carbocycles. The second-order valence-electron chi connectivity index (χ2n) is 5.06. The molecule has 0 spiro atoms. The summed E-state index contributed by atoms with van der Waals surface area (Å²) in [6, 6.07) is 6.24. The standard InChI is InChI=1S/C14H19N3OS/c1-9-7-11(5-6-12(9)14(15)19)17(2)8-13(18)16-10-3-4-10/h5-7,10H,3-4,8H2,1-2H3,(H2,15,19)(H,16,18). The molecule has 0 radical (unpaired) electrons. The summed E-state index contributed by atoms with van der Waals surface area (Å²) in [5, 5.41) is 2.98. The predicted octanol–water partition coefficient (Wildman–Crippen LogP) is 1.34. The van der Waals surface area contributed by atoms with E-state index in [-0.39, 0.29) is 5.91 Å². The summed E-state index contributed by atoms with van der Waals surface area (Å²) in [5.74, 6) is 0.0704. The van der Waals surface area contributed by atoms with Crippen LogP contribution in [-0.2, 0) is 4.79 Å². The molecule has 0 aliphatic heterocycles. The Kier molecular flexibility index (Phi) is 4.04. The van der Waals surface area contributed by atoms with Crippen LogP contribution >= 0.6 is 12.2 Å². The van der Waals surface area contributed by atoms with Crippen molar-refractivity contribution in [3.05, 3.63) is 29.3 Å². The number of rotatable bonds is 5. The number of amides is 1. The van der Waals surface area contributed by atoms with Crippen LogP contribution in [0.4, 0.5) is 5.69 Å². The van der Waals surface area contributed by atoms with Gasteiger partial charge in [-0.1, -0.05) is 12.2 Å². The molecule has 102 valence electrons. The third-order valence-corrected chi connectivity index (χ3v) is 3.46. The molecule has 3 N–H and O–H groups in total. The molecule has 1 aromatic rings. The number of hydrogen-bond acceptors (Lipinski definition) is 3. The maximum Gasteiger partial charge on any atom is 0.239 e. The summed E-state index contributed by atoms with van der Waals surface area (Å²) in [5.41, 5.74) is 8.54. The fraction of sp³-hybridized carbons (Fsp3) is 0.429. The molecule has 0 saturated heterocycles. The number of nitrogens with zero attached hydrogens (tertiary/aromatic N) is 1. The summed E-state index contributed by atoms with van der Waals surface area (Å²) in [6.07, 6.45) is 2.22. The number of aryl methyl sites for hydroxylation is 1. The van der Waals surface area contributed by atoms with Crippen molar-refractivity contribution in [3.8, 4) is 0 Å². The van der Waals surface area contributed by atoms with Gasteiger partial charge in [0.15, 0.2) is 0 Å². The smallest absolute Gasteiger partial charge is 0.239 e. The first-order valence-electron chi connectivity index (χ1n) is 6.38. The Morgan fingerprint density at radius 3 is 2.74 bits per heavy atom. The third kappa shape index (κ3) is 3.67. The fourth-order valence-corrected chi connectivity index (χ4v) is 2.20. The topological polar surface area (TPSA) is 58.4 Å². The number of nitrogens with one attached hydrogen (secondary N) is 1. The van der Waals surface area contributed by atoms with E-state index in [2.05, 4.69) is 5.32 Å². The van der Waals surface area contributed by atoms with Crippen LogP contribution in [0.15, 0.2) is 18.2 Å². The van der Waals surface area contributed by atoms with Crippen molar-refractivity contribution in [1.82, 2.24) is 5.32 Å². The minimum absolute atomic E-state index is 0.0704. The van der Waals surface area contributed by atoms with E-state index in [1.807, 2.05) is 37.1 Å². The Bertz CT molecular complexity index is 511. The summed E-state index contributed by atoms with van der Waals surface area (Å²) >= 11 is 4.98. The number of carbonyl (C=O) groups excluding carboxylic acids is 1. The summed E-state index contributed by atoms with van der Waals surface area (Å²) in [4.78, 5) is 14.1. The molecule has 0 bridgehead atoms. The molecule has 1 aliphatic rings. The molecule has 1 aromatic carbocycles. The zero-order valence-corrected chi connectivity index (χ0v) is 12.1. The molecule has 1 aliphatic carbocycles. The van der Waals surface area contributed by atoms with Gasteiger partial charge in [-0.2, -0.15) is 0 Å². The number of anilines is 1. The first-order valence-corrected chi connectivity index (χ1v) is 6.79. The van der Waals surface area contributed by atoms with Crippen LogP contribution in [0.3, 0.4) is 0 Å². The molecule has 0 unspecified atom stereocenters. The van der Waals surface area contributed by atoms with Gasteiger partial charge in [-0.25, -0.2) is 0 Å². The highest BCUT2D eigenvalue weighted by atomic mass is 32.1. The number of benzene rings is 1. The molecule has 0 atom stereocenters. The Balaban J connectivity index is 2.01. The normalized spacial score (nSPS) is 14.0. The van der Waals surface area contributed by atoms with Crippen LogP contribution in [0.1, 0.15) is 24.0 Å². The van der Waals surface area contributed by atoms with E-state index in [4.69, 9.17) is 18.0 Å². The van der Waals surface area contributed by atoms with Gasteiger partial charge < -0.3 is 16.0 Å². The van der Waals surface area contributed by atoms with Gasteiger partial charge in [-0.15, -0.1) is 0 Å². The maximum atomic E-state index is 11.7. The quantitative estimate of drug-likeness (QED) is 0.798. The maximum absolute atomic E-state index is 11.7. The van der Waals surface area contributed by atoms with E-state index in [9.17, 15) is 4.79 Å². The second-order valence-corrected chi connectivity index (χ2v) is 5.50. The van der Waals surface area contributed by atoms with Crippen molar-refractivity contribution in [2.24, 2.45) is 5.73 Å². The van der Waals surface area contributed by atoms with Crippen LogP contribution in [0.5, 0.6) is 0 Å². The number of thiocarbonyl (C=S) groups is 1. The Labute approximate surface area is 119 Å². The van der Waals surface area contributed by atoms with Crippen LogP contribution in [0.25, 0.3) is 0 Å². The molecule has 19 heavy (non-hydrogen) atoms. The molecular weight excluding hydrogens is 258 g/mol. The second kappa shape index (κ2) is 5.57. The monoisotopic (exact) mass is 277 g/mol. The lowest BCUT2D eigenvalue weighted by Gasteiger charge is -2.20. The number of carbonyl (C=O) groups is 1. The molecule has 5 heteroatoms. The van der Waals surface area contributed by atoms with E-state index >= 15 is 0 Å². The lowest BCUT2D eigenvalue weighted by Crippen LogP contribution is -2.36. The predicted molar refractivity (Wildman–Crippen MR) is 81.5 cm³/mol. The van der Waals surface area contributed by atoms with E-state index in [0.29, 0.717) is 17.6 Å². The lowest BCUT2D eigenvalue weighted by atomic mass is 10.1. The summed E-state index contributed by atoms with van der Waals surface area (Å²) < 4.78 is 0. The highest BCUT2D eigenvalue weighted by Crippen LogP contribution is 2.20. The van der Waals surface area contributed by atoms with Gasteiger partial charge in [-0.05, 0) is 43.5 Å². The van der Waals surface area contributed by atoms with E-state index in [0.717, 1.165) is 29.7 Å². The summed E-state index contributed by atoms with van der Waals surface area (Å²) in [6.45, 7) is 2.33. The van der Waals surface area contributed by atoms with Crippen molar-refractivity contribution >= 4 is 28.8 Å². The van der Waals surface area contributed by atoms with Crippen molar-refractivity contribution in [1.29, 1.82) is 0 Å². The van der Waals surface area contributed by atoms with Crippen LogP contribution in [0, 0.1) is 6.92 Å². The highest BCUT2D eigenvalue weighted by molar-refractivity contribution is 7.80. The van der Waals surface area contributed by atoms with Crippen LogP contribution < -0.4 is 16.0 Å². The summed E-state index contributed by atoms with van der Waals surface area (Å²) in [7, 11) is 1.90. The average Bonchev–Trinajstić information content (AvgIpc) is 3.11. The molecule has 1 amide bonds. The van der Waals surface area contributed by atoms with Crippen molar-refractivity contribution in [2.45, 2.75) is 25.8 Å². The van der Waals surface area contributed by atoms with Gasteiger partial charge in [0.05, 0.1) is 6.54 Å². The molecule has 0 aromatic heterocycles. The molecular formula is C14H19N3OS. The van der Waals surface area contributed by atoms with Crippen molar-refractivity contribution < 1.29 is 4.79 Å². The Morgan fingerprint density at radius 2 is 2.21 bits per heavy atom. The van der Waals surface area contributed by atoms with Crippen LogP contribution in [-0.4, -0.2) is 30.5 Å². The highest BCUT2D eigenvalue weighted by Gasteiger charge is 2.23. The van der Waals surface area contributed by atoms with E-state index in [1.165, 1.54) is 0 Å². The van der Waals surface area contributed by atoms with Crippen LogP contribution in [0.2, 0.25) is 0 Å².